The number of pyridine rings is 1. The highest BCUT2D eigenvalue weighted by Crippen LogP contribution is 2.40. The molecule has 126 valence electrons. The van der Waals surface area contributed by atoms with Crippen LogP contribution in [0.5, 0.6) is 0 Å². The minimum atomic E-state index is 0.402. The van der Waals surface area contributed by atoms with Crippen molar-refractivity contribution in [2.75, 3.05) is 7.05 Å². The molecule has 1 aliphatic heterocycles. The van der Waals surface area contributed by atoms with E-state index in [1.165, 1.54) is 33.4 Å². The maximum Gasteiger partial charge on any atom is 0.0468 e. The number of aromatic nitrogens is 1. The smallest absolute Gasteiger partial charge is 0.0468 e. The van der Waals surface area contributed by atoms with Crippen LogP contribution in [0, 0.1) is 12.8 Å². The van der Waals surface area contributed by atoms with E-state index in [4.69, 9.17) is 4.98 Å². The Kier molecular flexibility index (Phi) is 5.03. The van der Waals surface area contributed by atoms with Gasteiger partial charge in [0, 0.05) is 36.7 Å². The lowest BCUT2D eigenvalue weighted by atomic mass is 9.81. The fourth-order valence-electron chi connectivity index (χ4n) is 3.48. The van der Waals surface area contributed by atoms with Crippen LogP contribution < -0.4 is 0 Å². The number of hydrogen-bond acceptors (Lipinski definition) is 2. The molecule has 0 radical (unpaired) electrons. The Morgan fingerprint density at radius 1 is 1.00 bits per heavy atom. The Morgan fingerprint density at radius 3 is 2.13 bits per heavy atom. The van der Waals surface area contributed by atoms with E-state index in [1.807, 2.05) is 0 Å². The largest absolute Gasteiger partial charge is 0.374 e. The Balaban J connectivity index is 2.96. The molecular formula is C21H32N2. The van der Waals surface area contributed by atoms with Gasteiger partial charge in [0.05, 0.1) is 0 Å². The number of rotatable bonds is 2. The second kappa shape index (κ2) is 6.51. The molecule has 2 rings (SSSR count). The molecule has 2 heteroatoms. The minimum absolute atomic E-state index is 0.402. The normalized spacial score (nSPS) is 24.4. The van der Waals surface area contributed by atoms with Crippen molar-refractivity contribution in [3.63, 3.8) is 0 Å². The number of aryl methyl sites for hydroxylation is 1. The number of allylic oxidation sites excluding steroid dienone is 2. The maximum absolute atomic E-state index is 4.73. The lowest BCUT2D eigenvalue weighted by Crippen LogP contribution is -2.28. The molecule has 0 saturated carbocycles. The highest BCUT2D eigenvalue weighted by atomic mass is 15.1. The summed E-state index contributed by atoms with van der Waals surface area (Å²) < 4.78 is 0. The van der Waals surface area contributed by atoms with E-state index in [-0.39, 0.29) is 0 Å². The van der Waals surface area contributed by atoms with E-state index in [2.05, 4.69) is 79.7 Å². The number of nitrogens with zero attached hydrogens (tertiary/aromatic N) is 2. The monoisotopic (exact) mass is 312 g/mol. The molecule has 1 atom stereocenters. The third kappa shape index (κ3) is 3.08. The topological polar surface area (TPSA) is 16.1 Å². The molecule has 2 nitrogen and oxygen atoms in total. The van der Waals surface area contributed by atoms with Crippen molar-refractivity contribution in [1.29, 1.82) is 0 Å². The lowest BCUT2D eigenvalue weighted by Gasteiger charge is -2.33. The highest BCUT2D eigenvalue weighted by Gasteiger charge is 2.26. The fourth-order valence-corrected chi connectivity index (χ4v) is 3.48. The second-order valence-electron chi connectivity index (χ2n) is 7.59. The fraction of sp³-hybridized carbons (Fsp3) is 0.571. The minimum Gasteiger partial charge on any atom is -0.374 e. The third-order valence-electron chi connectivity index (χ3n) is 5.38. The van der Waals surface area contributed by atoms with Gasteiger partial charge < -0.3 is 4.90 Å². The van der Waals surface area contributed by atoms with Crippen LogP contribution in [0.2, 0.25) is 0 Å². The summed E-state index contributed by atoms with van der Waals surface area (Å²) in [5, 5.41) is 0. The standard InChI is InChI=1S/C21H32N2/c1-12(2)18-10-22-16(7)20-15(6)14(5)17(8)23(9)11-19(13(3)4)21(18)20/h10-13,17H,1-9H3/b15-14-,19-11-/t17-/m0/s1. The number of fused-ring (bicyclic) bond motifs is 1. The average molecular weight is 313 g/mol. The van der Waals surface area contributed by atoms with Gasteiger partial charge in [0.2, 0.25) is 0 Å². The van der Waals surface area contributed by atoms with Gasteiger partial charge in [-0.25, -0.2) is 0 Å². The Labute approximate surface area is 142 Å². The number of hydrogen-bond donors (Lipinski definition) is 0. The van der Waals surface area contributed by atoms with Crippen LogP contribution in [0.25, 0.3) is 11.1 Å². The van der Waals surface area contributed by atoms with E-state index in [0.717, 1.165) is 5.69 Å². The van der Waals surface area contributed by atoms with E-state index < -0.39 is 0 Å². The third-order valence-corrected chi connectivity index (χ3v) is 5.38. The summed E-state index contributed by atoms with van der Waals surface area (Å²) in [5.74, 6) is 0.947. The molecule has 0 bridgehead atoms. The van der Waals surface area contributed by atoms with Crippen molar-refractivity contribution < 1.29 is 0 Å². The van der Waals surface area contributed by atoms with Crippen molar-refractivity contribution in [2.45, 2.75) is 67.3 Å². The summed E-state index contributed by atoms with van der Waals surface area (Å²) in [5.41, 5.74) is 9.52. The summed E-state index contributed by atoms with van der Waals surface area (Å²) in [6.45, 7) is 18.1. The van der Waals surface area contributed by atoms with Crippen molar-refractivity contribution in [3.05, 3.63) is 40.4 Å². The van der Waals surface area contributed by atoms with Crippen molar-refractivity contribution >= 4 is 11.1 Å². The highest BCUT2D eigenvalue weighted by molar-refractivity contribution is 5.84. The molecule has 0 spiro atoms. The predicted molar refractivity (Wildman–Crippen MR) is 101 cm³/mol. The molecule has 23 heavy (non-hydrogen) atoms. The first-order valence-electron chi connectivity index (χ1n) is 8.78. The van der Waals surface area contributed by atoms with Gasteiger partial charge in [-0.05, 0) is 67.4 Å². The zero-order valence-corrected chi connectivity index (χ0v) is 16.3. The summed E-state index contributed by atoms with van der Waals surface area (Å²) in [6, 6.07) is 0.402. The van der Waals surface area contributed by atoms with E-state index in [1.54, 1.807) is 0 Å². The van der Waals surface area contributed by atoms with Crippen LogP contribution in [0.1, 0.15) is 76.8 Å². The van der Waals surface area contributed by atoms with Crippen LogP contribution in [0.15, 0.2) is 18.0 Å². The van der Waals surface area contributed by atoms with Gasteiger partial charge in [-0.3, -0.25) is 4.98 Å². The zero-order chi connectivity index (χ0) is 17.5. The Bertz CT molecular complexity index is 663. The van der Waals surface area contributed by atoms with Crippen LogP contribution in [-0.2, 0) is 0 Å². The first kappa shape index (κ1) is 17.8. The van der Waals surface area contributed by atoms with Crippen LogP contribution in [-0.4, -0.2) is 23.0 Å². The molecule has 0 aromatic carbocycles. The van der Waals surface area contributed by atoms with Gasteiger partial charge in [-0.1, -0.05) is 27.7 Å². The number of likely N-dealkylation sites (N-methyl/N-ethyl adjacent to an activating group) is 1. The average Bonchev–Trinajstić information content (AvgIpc) is 2.48. The van der Waals surface area contributed by atoms with Gasteiger partial charge >= 0.3 is 0 Å². The molecule has 0 fully saturated rings. The van der Waals surface area contributed by atoms with Gasteiger partial charge in [0.25, 0.3) is 0 Å². The Morgan fingerprint density at radius 2 is 1.61 bits per heavy atom. The molecule has 1 aliphatic rings. The summed E-state index contributed by atoms with van der Waals surface area (Å²) in [6.07, 6.45) is 4.44. The Hall–Kier alpha value is -1.57. The molecule has 0 saturated heterocycles. The van der Waals surface area contributed by atoms with E-state index in [9.17, 15) is 0 Å². The van der Waals surface area contributed by atoms with Gasteiger partial charge in [0.1, 0.15) is 0 Å². The molecule has 2 heterocycles. The van der Waals surface area contributed by atoms with E-state index in [0.29, 0.717) is 17.9 Å². The van der Waals surface area contributed by atoms with Crippen molar-refractivity contribution in [3.8, 4) is 0 Å². The van der Waals surface area contributed by atoms with Crippen LogP contribution in [0.4, 0.5) is 0 Å². The molecule has 1 aromatic heterocycles. The quantitative estimate of drug-likeness (QED) is 0.702. The SMILES string of the molecule is C/C1=C(\C)[C@H](C)N(C)/C=C(/C(C)C)c2c(C(C)C)cnc(C)c21. The zero-order valence-electron chi connectivity index (χ0n) is 16.3. The van der Waals surface area contributed by atoms with Gasteiger partial charge in [0.15, 0.2) is 0 Å². The summed E-state index contributed by atoms with van der Waals surface area (Å²) >= 11 is 0. The maximum atomic E-state index is 4.73. The van der Waals surface area contributed by atoms with Crippen LogP contribution >= 0.6 is 0 Å². The van der Waals surface area contributed by atoms with Crippen LogP contribution in [0.3, 0.4) is 0 Å². The van der Waals surface area contributed by atoms with Crippen molar-refractivity contribution in [1.82, 2.24) is 9.88 Å². The van der Waals surface area contributed by atoms with E-state index >= 15 is 0 Å². The molecular weight excluding hydrogens is 280 g/mol. The predicted octanol–water partition coefficient (Wildman–Crippen LogP) is 5.64. The summed E-state index contributed by atoms with van der Waals surface area (Å²) in [7, 11) is 2.19. The first-order chi connectivity index (χ1) is 10.7. The van der Waals surface area contributed by atoms with Gasteiger partial charge in [-0.15, -0.1) is 0 Å². The molecule has 1 aromatic rings. The lowest BCUT2D eigenvalue weighted by molar-refractivity contribution is 0.391. The molecule has 0 amide bonds. The second-order valence-corrected chi connectivity index (χ2v) is 7.59. The molecule has 0 unspecified atom stereocenters. The summed E-state index contributed by atoms with van der Waals surface area (Å²) in [4.78, 5) is 7.09. The molecule has 0 N–H and O–H groups in total. The first-order valence-corrected chi connectivity index (χ1v) is 8.78. The van der Waals surface area contributed by atoms with Crippen molar-refractivity contribution in [2.24, 2.45) is 5.92 Å². The van der Waals surface area contributed by atoms with Gasteiger partial charge in [-0.2, -0.15) is 0 Å². The molecule has 0 aliphatic carbocycles.